The minimum absolute atomic E-state index is 0.249. The van der Waals surface area contributed by atoms with Crippen LogP contribution in [0.25, 0.3) is 0 Å². The van der Waals surface area contributed by atoms with Crippen molar-refractivity contribution in [2.45, 2.75) is 52.4 Å². The van der Waals surface area contributed by atoms with E-state index in [1.165, 1.54) is 39.2 Å². The number of carbonyl (C=O) groups is 1. The predicted molar refractivity (Wildman–Crippen MR) is 63.7 cm³/mol. The van der Waals surface area contributed by atoms with Gasteiger partial charge in [-0.3, -0.25) is 0 Å². The van der Waals surface area contributed by atoms with Gasteiger partial charge in [-0.1, -0.05) is 52.5 Å². The Bertz CT molecular complexity index is 197. The molecule has 88 valence electrons. The van der Waals surface area contributed by atoms with E-state index in [4.69, 9.17) is 0 Å². The van der Waals surface area contributed by atoms with Crippen LogP contribution in [0, 0.1) is 5.92 Å². The summed E-state index contributed by atoms with van der Waals surface area (Å²) >= 11 is 0. The van der Waals surface area contributed by atoms with E-state index in [1.807, 2.05) is 6.92 Å². The molecular weight excluding hydrogens is 188 g/mol. The predicted octanol–water partition coefficient (Wildman–Crippen LogP) is 3.71. The minimum atomic E-state index is -0.268. The molecule has 1 atom stereocenters. The molecule has 0 saturated heterocycles. The number of esters is 1. The Morgan fingerprint density at radius 1 is 1.27 bits per heavy atom. The molecule has 0 aliphatic rings. The van der Waals surface area contributed by atoms with Crippen molar-refractivity contribution in [1.29, 1.82) is 0 Å². The van der Waals surface area contributed by atoms with Gasteiger partial charge in [0.05, 0.1) is 7.11 Å². The largest absolute Gasteiger partial charge is 0.466 e. The van der Waals surface area contributed by atoms with Crippen LogP contribution in [0.5, 0.6) is 0 Å². The van der Waals surface area contributed by atoms with Gasteiger partial charge < -0.3 is 4.74 Å². The second kappa shape index (κ2) is 8.51. The summed E-state index contributed by atoms with van der Waals surface area (Å²) in [6.45, 7) is 8.02. The van der Waals surface area contributed by atoms with Crippen molar-refractivity contribution < 1.29 is 9.53 Å². The van der Waals surface area contributed by atoms with E-state index in [-0.39, 0.29) is 11.9 Å². The Morgan fingerprint density at radius 2 is 1.87 bits per heavy atom. The molecule has 0 aromatic carbocycles. The Kier molecular flexibility index (Phi) is 8.06. The third kappa shape index (κ3) is 6.32. The van der Waals surface area contributed by atoms with Crippen LogP contribution in [0.3, 0.4) is 0 Å². The maximum atomic E-state index is 11.2. The summed E-state index contributed by atoms with van der Waals surface area (Å²) in [5.74, 6) is -0.0184. The van der Waals surface area contributed by atoms with Crippen molar-refractivity contribution in [2.75, 3.05) is 7.11 Å². The summed E-state index contributed by atoms with van der Waals surface area (Å²) in [5.41, 5.74) is 0.605. The van der Waals surface area contributed by atoms with E-state index in [1.54, 1.807) is 0 Å². The summed E-state index contributed by atoms with van der Waals surface area (Å²) < 4.78 is 4.64. The van der Waals surface area contributed by atoms with Crippen LogP contribution in [-0.2, 0) is 9.53 Å². The van der Waals surface area contributed by atoms with Crippen LogP contribution in [-0.4, -0.2) is 13.1 Å². The van der Waals surface area contributed by atoms with Gasteiger partial charge in [-0.2, -0.15) is 0 Å². The molecule has 0 radical (unpaired) electrons. The standard InChI is InChI=1S/C13H24O2/c1-5-6-7-8-9-10-11(2)12(3)13(14)15-4/h11H,3,5-10H2,1-2,4H3. The van der Waals surface area contributed by atoms with Gasteiger partial charge in [-0.25, -0.2) is 4.79 Å². The Morgan fingerprint density at radius 3 is 2.40 bits per heavy atom. The highest BCUT2D eigenvalue weighted by atomic mass is 16.5. The lowest BCUT2D eigenvalue weighted by Crippen LogP contribution is -2.11. The lowest BCUT2D eigenvalue weighted by atomic mass is 9.95. The fourth-order valence-electron chi connectivity index (χ4n) is 1.56. The Labute approximate surface area is 93.7 Å². The summed E-state index contributed by atoms with van der Waals surface area (Å²) in [7, 11) is 1.40. The molecule has 1 unspecified atom stereocenters. The number of hydrogen-bond donors (Lipinski definition) is 0. The Balaban J connectivity index is 3.60. The van der Waals surface area contributed by atoms with Gasteiger partial charge in [0.2, 0.25) is 0 Å². The van der Waals surface area contributed by atoms with E-state index in [0.29, 0.717) is 5.57 Å². The van der Waals surface area contributed by atoms with Crippen molar-refractivity contribution in [1.82, 2.24) is 0 Å². The average Bonchev–Trinajstić information content (AvgIpc) is 2.26. The molecule has 0 aromatic rings. The molecule has 0 aromatic heterocycles. The van der Waals surface area contributed by atoms with E-state index in [0.717, 1.165) is 6.42 Å². The first-order valence-electron chi connectivity index (χ1n) is 5.90. The molecule has 0 N–H and O–H groups in total. The quantitative estimate of drug-likeness (QED) is 0.348. The molecule has 0 rings (SSSR count). The van der Waals surface area contributed by atoms with Gasteiger partial charge in [-0.15, -0.1) is 0 Å². The highest BCUT2D eigenvalue weighted by molar-refractivity contribution is 5.88. The smallest absolute Gasteiger partial charge is 0.333 e. The number of ether oxygens (including phenoxy) is 1. The summed E-state index contributed by atoms with van der Waals surface area (Å²) in [6.07, 6.45) is 7.35. The van der Waals surface area contributed by atoms with Crippen LogP contribution in [0.15, 0.2) is 12.2 Å². The first-order chi connectivity index (χ1) is 7.13. The molecule has 0 bridgehead atoms. The van der Waals surface area contributed by atoms with E-state index < -0.39 is 0 Å². The molecule has 0 spiro atoms. The lowest BCUT2D eigenvalue weighted by molar-refractivity contribution is -0.136. The number of rotatable bonds is 8. The van der Waals surface area contributed by atoms with Gasteiger partial charge in [0.15, 0.2) is 0 Å². The van der Waals surface area contributed by atoms with Crippen molar-refractivity contribution in [3.05, 3.63) is 12.2 Å². The molecule has 2 heteroatoms. The second-order valence-corrected chi connectivity index (χ2v) is 4.12. The summed E-state index contributed by atoms with van der Waals surface area (Å²) in [4.78, 5) is 11.2. The fraction of sp³-hybridized carbons (Fsp3) is 0.769. The maximum absolute atomic E-state index is 11.2. The summed E-state index contributed by atoms with van der Waals surface area (Å²) in [5, 5.41) is 0. The van der Waals surface area contributed by atoms with Gasteiger partial charge >= 0.3 is 5.97 Å². The zero-order chi connectivity index (χ0) is 11.7. The van der Waals surface area contributed by atoms with Gasteiger partial charge in [0.1, 0.15) is 0 Å². The number of unbranched alkanes of at least 4 members (excludes halogenated alkanes) is 4. The normalized spacial score (nSPS) is 12.2. The fourth-order valence-corrected chi connectivity index (χ4v) is 1.56. The molecule has 15 heavy (non-hydrogen) atoms. The molecule has 0 heterocycles. The zero-order valence-electron chi connectivity index (χ0n) is 10.3. The molecule has 0 fully saturated rings. The van der Waals surface area contributed by atoms with Crippen LogP contribution in [0.1, 0.15) is 52.4 Å². The molecular formula is C13H24O2. The number of hydrogen-bond acceptors (Lipinski definition) is 2. The van der Waals surface area contributed by atoms with Crippen molar-refractivity contribution in [3.63, 3.8) is 0 Å². The van der Waals surface area contributed by atoms with Crippen LogP contribution >= 0.6 is 0 Å². The van der Waals surface area contributed by atoms with E-state index in [9.17, 15) is 4.79 Å². The summed E-state index contributed by atoms with van der Waals surface area (Å²) in [6, 6.07) is 0. The van der Waals surface area contributed by atoms with Gasteiger partial charge in [0, 0.05) is 5.57 Å². The Hall–Kier alpha value is -0.790. The van der Waals surface area contributed by atoms with Crippen LogP contribution in [0.4, 0.5) is 0 Å². The average molecular weight is 212 g/mol. The van der Waals surface area contributed by atoms with E-state index in [2.05, 4.69) is 18.2 Å². The second-order valence-electron chi connectivity index (χ2n) is 4.12. The molecule has 0 aliphatic heterocycles. The molecule has 0 amide bonds. The van der Waals surface area contributed by atoms with Crippen LogP contribution < -0.4 is 0 Å². The zero-order valence-corrected chi connectivity index (χ0v) is 10.3. The highest BCUT2D eigenvalue weighted by Gasteiger charge is 2.14. The SMILES string of the molecule is C=C(C(=O)OC)C(C)CCCCCCC. The first-order valence-corrected chi connectivity index (χ1v) is 5.90. The van der Waals surface area contributed by atoms with Gasteiger partial charge in [-0.05, 0) is 12.3 Å². The van der Waals surface area contributed by atoms with Crippen molar-refractivity contribution in [2.24, 2.45) is 5.92 Å². The number of methoxy groups -OCH3 is 1. The van der Waals surface area contributed by atoms with Crippen LogP contribution in [0.2, 0.25) is 0 Å². The molecule has 0 saturated carbocycles. The number of carbonyl (C=O) groups excluding carboxylic acids is 1. The topological polar surface area (TPSA) is 26.3 Å². The van der Waals surface area contributed by atoms with E-state index >= 15 is 0 Å². The first kappa shape index (κ1) is 14.2. The van der Waals surface area contributed by atoms with Gasteiger partial charge in [0.25, 0.3) is 0 Å². The monoisotopic (exact) mass is 212 g/mol. The molecule has 0 aliphatic carbocycles. The maximum Gasteiger partial charge on any atom is 0.333 e. The highest BCUT2D eigenvalue weighted by Crippen LogP contribution is 2.18. The minimum Gasteiger partial charge on any atom is -0.466 e. The van der Waals surface area contributed by atoms with Crippen molar-refractivity contribution in [3.8, 4) is 0 Å². The molecule has 2 nitrogen and oxygen atoms in total. The lowest BCUT2D eigenvalue weighted by Gasteiger charge is -2.12. The third-order valence-electron chi connectivity index (χ3n) is 2.78. The van der Waals surface area contributed by atoms with Crippen molar-refractivity contribution >= 4 is 5.97 Å². The third-order valence-corrected chi connectivity index (χ3v) is 2.78.